The summed E-state index contributed by atoms with van der Waals surface area (Å²) in [6.45, 7) is 0. The van der Waals surface area contributed by atoms with E-state index >= 15 is 0 Å². The molecule has 0 aliphatic carbocycles. The first-order valence-electron chi connectivity index (χ1n) is 10.6. The van der Waals surface area contributed by atoms with Crippen molar-refractivity contribution in [2.75, 3.05) is 40.6 Å². The second-order valence-electron chi connectivity index (χ2n) is 7.48. The summed E-state index contributed by atoms with van der Waals surface area (Å²) in [4.78, 5) is 0. The highest BCUT2D eigenvalue weighted by atomic mass is 16.5. The van der Waals surface area contributed by atoms with Gasteiger partial charge in [-0.05, 0) is 48.0 Å². The van der Waals surface area contributed by atoms with E-state index in [-0.39, 0.29) is 6.04 Å². The predicted molar refractivity (Wildman–Crippen MR) is 128 cm³/mol. The zero-order chi connectivity index (χ0) is 23.4. The maximum Gasteiger partial charge on any atom is 0.203 e. The van der Waals surface area contributed by atoms with Crippen molar-refractivity contribution in [3.05, 3.63) is 71.8 Å². The van der Waals surface area contributed by atoms with Crippen molar-refractivity contribution < 1.29 is 23.7 Å². The molecule has 1 heterocycles. The summed E-state index contributed by atoms with van der Waals surface area (Å²) in [5.74, 6) is 3.13. The minimum Gasteiger partial charge on any atom is -0.493 e. The van der Waals surface area contributed by atoms with Crippen molar-refractivity contribution in [3.8, 4) is 28.7 Å². The molecule has 0 N–H and O–H groups in total. The third-order valence-corrected chi connectivity index (χ3v) is 5.72. The monoisotopic (exact) mass is 448 g/mol. The van der Waals surface area contributed by atoms with E-state index in [9.17, 15) is 0 Å². The fourth-order valence-corrected chi connectivity index (χ4v) is 4.07. The highest BCUT2D eigenvalue weighted by molar-refractivity contribution is 6.03. The smallest absolute Gasteiger partial charge is 0.203 e. The third-order valence-electron chi connectivity index (χ3n) is 5.72. The maximum absolute atomic E-state index is 5.60. The number of hydrogen-bond acceptors (Lipinski definition) is 7. The highest BCUT2D eigenvalue weighted by Gasteiger charge is 2.32. The lowest BCUT2D eigenvalue weighted by Gasteiger charge is -2.25. The zero-order valence-electron chi connectivity index (χ0n) is 19.5. The normalized spacial score (nSPS) is 15.1. The van der Waals surface area contributed by atoms with Gasteiger partial charge in [0, 0.05) is 12.0 Å². The van der Waals surface area contributed by atoms with E-state index in [1.807, 2.05) is 65.7 Å². The number of ether oxygens (including phenoxy) is 5. The van der Waals surface area contributed by atoms with Gasteiger partial charge in [-0.2, -0.15) is 5.10 Å². The Morgan fingerprint density at radius 1 is 0.697 bits per heavy atom. The van der Waals surface area contributed by atoms with Crippen molar-refractivity contribution in [2.45, 2.75) is 12.5 Å². The van der Waals surface area contributed by atoms with E-state index < -0.39 is 0 Å². The molecular formula is C26H28N2O5. The molecule has 1 aliphatic rings. The number of benzene rings is 3. The summed E-state index contributed by atoms with van der Waals surface area (Å²) in [6, 6.07) is 19.9. The van der Waals surface area contributed by atoms with Crippen molar-refractivity contribution in [1.29, 1.82) is 0 Å². The van der Waals surface area contributed by atoms with Crippen LogP contribution in [0.15, 0.2) is 65.8 Å². The summed E-state index contributed by atoms with van der Waals surface area (Å²) in [7, 11) is 8.10. The van der Waals surface area contributed by atoms with Crippen LogP contribution in [0.4, 0.5) is 5.69 Å². The van der Waals surface area contributed by atoms with E-state index in [1.165, 1.54) is 0 Å². The van der Waals surface area contributed by atoms with E-state index in [4.69, 9.17) is 28.8 Å². The van der Waals surface area contributed by atoms with Crippen molar-refractivity contribution in [1.82, 2.24) is 0 Å². The van der Waals surface area contributed by atoms with Gasteiger partial charge in [-0.25, -0.2) is 0 Å². The lowest BCUT2D eigenvalue weighted by atomic mass is 9.97. The molecule has 0 saturated carbocycles. The van der Waals surface area contributed by atoms with Crippen molar-refractivity contribution in [2.24, 2.45) is 5.10 Å². The van der Waals surface area contributed by atoms with Gasteiger partial charge in [-0.15, -0.1) is 0 Å². The molecule has 7 heteroatoms. The number of hydrazone groups is 1. The van der Waals surface area contributed by atoms with Gasteiger partial charge in [0.25, 0.3) is 0 Å². The zero-order valence-corrected chi connectivity index (χ0v) is 19.5. The summed E-state index contributed by atoms with van der Waals surface area (Å²) in [6.07, 6.45) is 0.684. The quantitative estimate of drug-likeness (QED) is 0.479. The average Bonchev–Trinajstić information content (AvgIpc) is 3.33. The van der Waals surface area contributed by atoms with Gasteiger partial charge in [-0.1, -0.05) is 18.2 Å². The van der Waals surface area contributed by atoms with Crippen LogP contribution in [0, 0.1) is 0 Å². The largest absolute Gasteiger partial charge is 0.493 e. The van der Waals surface area contributed by atoms with Crippen LogP contribution in [0.3, 0.4) is 0 Å². The molecular weight excluding hydrogens is 420 g/mol. The SMILES string of the molecule is COc1ccc(C2=NN(c3ccccc3)C(c3cc(OC)c(OC)c(OC)c3)C2)cc1OC. The number of nitrogens with zero attached hydrogens (tertiary/aromatic N) is 2. The standard InChI is InChI=1S/C26H28N2O5/c1-29-22-12-11-17(13-23(22)30-2)20-16-21(28(27-20)19-9-7-6-8-10-19)18-14-24(31-3)26(33-5)25(15-18)32-4/h6-15,21H,16H2,1-5H3. The lowest BCUT2D eigenvalue weighted by Crippen LogP contribution is -2.18. The van der Waals surface area contributed by atoms with Crippen LogP contribution in [0.1, 0.15) is 23.6 Å². The fourth-order valence-electron chi connectivity index (χ4n) is 4.07. The van der Waals surface area contributed by atoms with E-state index in [2.05, 4.69) is 0 Å². The van der Waals surface area contributed by atoms with Gasteiger partial charge >= 0.3 is 0 Å². The molecule has 3 aromatic rings. The Hall–Kier alpha value is -3.87. The second kappa shape index (κ2) is 9.73. The number of methoxy groups -OCH3 is 5. The molecule has 172 valence electrons. The Morgan fingerprint density at radius 2 is 1.33 bits per heavy atom. The highest BCUT2D eigenvalue weighted by Crippen LogP contribution is 2.44. The van der Waals surface area contributed by atoms with Gasteiger partial charge < -0.3 is 23.7 Å². The lowest BCUT2D eigenvalue weighted by molar-refractivity contribution is 0.323. The van der Waals surface area contributed by atoms with Crippen molar-refractivity contribution in [3.63, 3.8) is 0 Å². The Kier molecular flexibility index (Phi) is 6.58. The van der Waals surface area contributed by atoms with Gasteiger partial charge in [0.15, 0.2) is 23.0 Å². The maximum atomic E-state index is 5.60. The predicted octanol–water partition coefficient (Wildman–Crippen LogP) is 5.09. The second-order valence-corrected chi connectivity index (χ2v) is 7.48. The minimum atomic E-state index is -0.0656. The molecule has 33 heavy (non-hydrogen) atoms. The molecule has 0 bridgehead atoms. The Bertz CT molecular complexity index is 1120. The van der Waals surface area contributed by atoms with Gasteiger partial charge in [-0.3, -0.25) is 5.01 Å². The summed E-state index contributed by atoms with van der Waals surface area (Å²) >= 11 is 0. The van der Waals surface area contributed by atoms with Crippen LogP contribution in [-0.2, 0) is 0 Å². The van der Waals surface area contributed by atoms with Crippen LogP contribution in [-0.4, -0.2) is 41.3 Å². The van der Waals surface area contributed by atoms with Gasteiger partial charge in [0.1, 0.15) is 0 Å². The van der Waals surface area contributed by atoms with Crippen LogP contribution in [0.25, 0.3) is 0 Å². The van der Waals surface area contributed by atoms with E-state index in [0.29, 0.717) is 35.2 Å². The Balaban J connectivity index is 1.79. The first-order chi connectivity index (χ1) is 16.1. The molecule has 1 atom stereocenters. The molecule has 0 radical (unpaired) electrons. The van der Waals surface area contributed by atoms with Crippen LogP contribution in [0.2, 0.25) is 0 Å². The number of hydrogen-bond donors (Lipinski definition) is 0. The molecule has 0 amide bonds. The molecule has 0 spiro atoms. The molecule has 0 saturated heterocycles. The number of anilines is 1. The van der Waals surface area contributed by atoms with Crippen LogP contribution in [0.5, 0.6) is 28.7 Å². The van der Waals surface area contributed by atoms with E-state index in [1.54, 1.807) is 35.5 Å². The Labute approximate surface area is 194 Å². The number of para-hydroxylation sites is 1. The Morgan fingerprint density at radius 3 is 1.91 bits per heavy atom. The van der Waals surface area contributed by atoms with Gasteiger partial charge in [0.2, 0.25) is 5.75 Å². The molecule has 0 fully saturated rings. The molecule has 4 rings (SSSR count). The molecule has 1 unspecified atom stereocenters. The van der Waals surface area contributed by atoms with Crippen LogP contribution >= 0.6 is 0 Å². The first-order valence-corrected chi connectivity index (χ1v) is 10.6. The molecule has 1 aliphatic heterocycles. The molecule has 3 aromatic carbocycles. The summed E-state index contributed by atoms with van der Waals surface area (Å²) in [5.41, 5.74) is 3.92. The van der Waals surface area contributed by atoms with E-state index in [0.717, 1.165) is 22.5 Å². The molecule has 7 nitrogen and oxygen atoms in total. The molecule has 0 aromatic heterocycles. The average molecular weight is 449 g/mol. The third kappa shape index (κ3) is 4.26. The topological polar surface area (TPSA) is 61.8 Å². The minimum absolute atomic E-state index is 0.0656. The van der Waals surface area contributed by atoms with Crippen molar-refractivity contribution >= 4 is 11.4 Å². The van der Waals surface area contributed by atoms with Gasteiger partial charge in [0.05, 0.1) is 53.0 Å². The summed E-state index contributed by atoms with van der Waals surface area (Å²) in [5, 5.41) is 7.05. The summed E-state index contributed by atoms with van der Waals surface area (Å²) < 4.78 is 27.6. The fraction of sp³-hybridized carbons (Fsp3) is 0.269. The van der Waals surface area contributed by atoms with Crippen LogP contribution < -0.4 is 28.7 Å². The number of rotatable bonds is 8. The first kappa shape index (κ1) is 22.3.